The van der Waals surface area contributed by atoms with Crippen molar-refractivity contribution < 1.29 is 18.3 Å². The van der Waals surface area contributed by atoms with Crippen LogP contribution >= 0.6 is 32.1 Å². The largest absolute Gasteiger partial charge is 0.464 e. The molecule has 0 aromatic heterocycles. The Hall–Kier alpha value is -0.640. The zero-order valence-electron chi connectivity index (χ0n) is 9.46. The lowest BCUT2D eigenvalue weighted by atomic mass is 10.3. The first-order valence-electron chi connectivity index (χ1n) is 4.59. The molecule has 0 radical (unpaired) electrons. The molecule has 0 aliphatic carbocycles. The molecule has 0 aliphatic rings. The van der Waals surface area contributed by atoms with Gasteiger partial charge in [0.25, 0.3) is 0 Å². The molecule has 0 spiro atoms. The summed E-state index contributed by atoms with van der Waals surface area (Å²) in [7, 11) is -0.696. The van der Waals surface area contributed by atoms with Crippen LogP contribution in [0.5, 0.6) is 0 Å². The van der Waals surface area contributed by atoms with Gasteiger partial charge in [-0.15, -0.1) is 0 Å². The smallest absolute Gasteiger partial charge is 0.422 e. The summed E-state index contributed by atoms with van der Waals surface area (Å²) < 4.78 is 26.0. The van der Waals surface area contributed by atoms with Crippen LogP contribution in [0, 0.1) is 0 Å². The van der Waals surface area contributed by atoms with E-state index in [1.807, 2.05) is 0 Å². The highest BCUT2D eigenvalue weighted by molar-refractivity contribution is 9.11. The van der Waals surface area contributed by atoms with Gasteiger partial charge in [0.05, 0.1) is 26.7 Å². The van der Waals surface area contributed by atoms with E-state index in [1.54, 1.807) is 0 Å². The Morgan fingerprint density at radius 3 is 2.28 bits per heavy atom. The molecule has 6 nitrogen and oxygen atoms in total. The lowest BCUT2D eigenvalue weighted by Crippen LogP contribution is -2.22. The molecule has 0 heterocycles. The third kappa shape index (κ3) is 3.02. The standard InChI is InChI=1S/C9H10Br2N2O4S/c1-12(2)18(16,17)6-3-4-8(7(10)5-6)13(11)9(14)15/h3-5H,1-2H3,(H,14,15). The minimum Gasteiger partial charge on any atom is -0.464 e. The number of anilines is 1. The van der Waals surface area contributed by atoms with Crippen molar-refractivity contribution in [3.8, 4) is 0 Å². The maximum absolute atomic E-state index is 11.9. The number of hydrogen-bond donors (Lipinski definition) is 1. The number of amides is 1. The van der Waals surface area contributed by atoms with Crippen molar-refractivity contribution in [3.05, 3.63) is 22.7 Å². The molecule has 0 bridgehead atoms. The van der Waals surface area contributed by atoms with E-state index in [0.717, 1.165) is 8.23 Å². The minimum atomic E-state index is -3.54. The maximum atomic E-state index is 11.9. The maximum Gasteiger partial charge on any atom is 0.422 e. The second kappa shape index (κ2) is 5.55. The highest BCUT2D eigenvalue weighted by Gasteiger charge is 2.20. The van der Waals surface area contributed by atoms with Gasteiger partial charge in [-0.3, -0.25) is 0 Å². The summed E-state index contributed by atoms with van der Waals surface area (Å²) in [5, 5.41) is 8.81. The number of rotatable bonds is 3. The molecule has 0 aliphatic heterocycles. The molecule has 1 aromatic carbocycles. The van der Waals surface area contributed by atoms with Crippen molar-refractivity contribution in [2.45, 2.75) is 4.90 Å². The zero-order valence-corrected chi connectivity index (χ0v) is 13.5. The van der Waals surface area contributed by atoms with Crippen molar-refractivity contribution in [1.29, 1.82) is 0 Å². The summed E-state index contributed by atoms with van der Waals surface area (Å²) >= 11 is 5.99. The summed E-state index contributed by atoms with van der Waals surface area (Å²) in [6, 6.07) is 4.08. The Morgan fingerprint density at radius 1 is 1.33 bits per heavy atom. The van der Waals surface area contributed by atoms with Gasteiger partial charge < -0.3 is 5.11 Å². The molecule has 0 fully saturated rings. The van der Waals surface area contributed by atoms with Crippen molar-refractivity contribution in [2.75, 3.05) is 18.0 Å². The van der Waals surface area contributed by atoms with E-state index in [0.29, 0.717) is 10.2 Å². The third-order valence-corrected chi connectivity index (χ3v) is 5.21. The second-order valence-corrected chi connectivity index (χ2v) is 7.18. The molecular formula is C9H10Br2N2O4S. The summed E-state index contributed by atoms with van der Waals surface area (Å²) in [4.78, 5) is 10.9. The molecule has 100 valence electrons. The fourth-order valence-corrected chi connectivity index (χ4v) is 3.30. The van der Waals surface area contributed by atoms with E-state index in [1.165, 1.54) is 32.3 Å². The van der Waals surface area contributed by atoms with Crippen LogP contribution in [0.3, 0.4) is 0 Å². The van der Waals surface area contributed by atoms with Crippen LogP contribution in [0.1, 0.15) is 0 Å². The lowest BCUT2D eigenvalue weighted by Gasteiger charge is -2.15. The fourth-order valence-electron chi connectivity index (χ4n) is 1.12. The van der Waals surface area contributed by atoms with Gasteiger partial charge >= 0.3 is 6.09 Å². The molecule has 0 unspecified atom stereocenters. The Morgan fingerprint density at radius 2 is 1.89 bits per heavy atom. The molecule has 18 heavy (non-hydrogen) atoms. The Balaban J connectivity index is 3.27. The van der Waals surface area contributed by atoms with Crippen molar-refractivity contribution in [2.24, 2.45) is 0 Å². The van der Waals surface area contributed by atoms with Crippen LogP contribution < -0.4 is 3.93 Å². The molecule has 0 atom stereocenters. The van der Waals surface area contributed by atoms with Gasteiger partial charge in [0.1, 0.15) is 0 Å². The van der Waals surface area contributed by atoms with E-state index in [9.17, 15) is 13.2 Å². The van der Waals surface area contributed by atoms with Crippen LogP contribution in [0.15, 0.2) is 27.6 Å². The second-order valence-electron chi connectivity index (χ2n) is 3.46. The van der Waals surface area contributed by atoms with Gasteiger partial charge in [0, 0.05) is 18.6 Å². The Kier molecular flexibility index (Phi) is 4.76. The van der Waals surface area contributed by atoms with Gasteiger partial charge in [-0.25, -0.2) is 21.4 Å². The van der Waals surface area contributed by atoms with E-state index >= 15 is 0 Å². The summed E-state index contributed by atoms with van der Waals surface area (Å²) in [6.07, 6.45) is -1.21. The monoisotopic (exact) mass is 400 g/mol. The molecule has 1 rings (SSSR count). The number of sulfonamides is 1. The number of nitrogens with zero attached hydrogens (tertiary/aromatic N) is 2. The average Bonchev–Trinajstić information content (AvgIpc) is 2.27. The normalized spacial score (nSPS) is 11.6. The number of benzene rings is 1. The number of carbonyl (C=O) groups is 1. The first kappa shape index (κ1) is 15.4. The van der Waals surface area contributed by atoms with Crippen LogP contribution in [-0.4, -0.2) is 38.0 Å². The zero-order chi connectivity index (χ0) is 14.1. The van der Waals surface area contributed by atoms with E-state index < -0.39 is 16.1 Å². The topological polar surface area (TPSA) is 77.9 Å². The summed E-state index contributed by atoms with van der Waals surface area (Å²) in [6.45, 7) is 0. The van der Waals surface area contributed by atoms with Crippen LogP contribution in [0.25, 0.3) is 0 Å². The first-order valence-corrected chi connectivity index (χ1v) is 7.53. The van der Waals surface area contributed by atoms with E-state index in [4.69, 9.17) is 5.11 Å². The predicted octanol–water partition coefficient (Wildman–Crippen LogP) is 2.49. The predicted molar refractivity (Wildman–Crippen MR) is 74.4 cm³/mol. The lowest BCUT2D eigenvalue weighted by molar-refractivity contribution is 0.207. The summed E-state index contributed by atoms with van der Waals surface area (Å²) in [5.74, 6) is 0. The number of halogens is 2. The quantitative estimate of drug-likeness (QED) is 0.789. The molecule has 0 saturated heterocycles. The molecule has 1 aromatic rings. The van der Waals surface area contributed by atoms with Crippen LogP contribution in [-0.2, 0) is 10.0 Å². The van der Waals surface area contributed by atoms with Crippen molar-refractivity contribution in [3.63, 3.8) is 0 Å². The van der Waals surface area contributed by atoms with Gasteiger partial charge in [0.15, 0.2) is 0 Å². The van der Waals surface area contributed by atoms with E-state index in [2.05, 4.69) is 32.1 Å². The number of carboxylic acid groups (broad SMARTS) is 1. The average molecular weight is 402 g/mol. The third-order valence-electron chi connectivity index (χ3n) is 2.08. The SMILES string of the molecule is CN(C)S(=O)(=O)c1ccc(N(Br)C(=O)O)c(Br)c1. The highest BCUT2D eigenvalue weighted by Crippen LogP contribution is 2.31. The Labute approximate surface area is 122 Å². The van der Waals surface area contributed by atoms with Crippen LogP contribution in [0.2, 0.25) is 0 Å². The van der Waals surface area contributed by atoms with Gasteiger partial charge in [0.2, 0.25) is 10.0 Å². The molecule has 1 amide bonds. The van der Waals surface area contributed by atoms with Crippen molar-refractivity contribution >= 4 is 53.9 Å². The summed E-state index contributed by atoms with van der Waals surface area (Å²) in [5.41, 5.74) is 0.292. The first-order chi connectivity index (χ1) is 8.17. The molecule has 1 N–H and O–H groups in total. The van der Waals surface area contributed by atoms with E-state index in [-0.39, 0.29) is 4.90 Å². The van der Waals surface area contributed by atoms with Crippen LogP contribution in [0.4, 0.5) is 10.5 Å². The number of hydrogen-bond acceptors (Lipinski definition) is 3. The van der Waals surface area contributed by atoms with Gasteiger partial charge in [-0.1, -0.05) is 0 Å². The van der Waals surface area contributed by atoms with Crippen molar-refractivity contribution in [1.82, 2.24) is 4.31 Å². The minimum absolute atomic E-state index is 0.0782. The Bertz CT molecular complexity index is 574. The fraction of sp³-hybridized carbons (Fsp3) is 0.222. The highest BCUT2D eigenvalue weighted by atomic mass is 79.9. The van der Waals surface area contributed by atoms with Gasteiger partial charge in [-0.2, -0.15) is 0 Å². The molecule has 0 saturated carbocycles. The molecular weight excluding hydrogens is 392 g/mol. The molecule has 9 heteroatoms. The van der Waals surface area contributed by atoms with Gasteiger partial charge in [-0.05, 0) is 34.1 Å².